The summed E-state index contributed by atoms with van der Waals surface area (Å²) < 4.78 is 0. The van der Waals surface area contributed by atoms with Crippen molar-refractivity contribution in [2.75, 3.05) is 36.5 Å². The molecule has 1 aliphatic heterocycles. The van der Waals surface area contributed by atoms with Crippen LogP contribution in [-0.2, 0) is 6.42 Å². The first kappa shape index (κ1) is 11.2. The highest BCUT2D eigenvalue weighted by atomic mass is 16.3. The van der Waals surface area contributed by atoms with Gasteiger partial charge in [0.2, 0.25) is 0 Å². The molecule has 0 fully saturated rings. The molecule has 0 aromatic carbocycles. The highest BCUT2D eigenvalue weighted by Crippen LogP contribution is 2.29. The van der Waals surface area contributed by atoms with E-state index in [0.717, 1.165) is 38.3 Å². The average Bonchev–Trinajstić information content (AvgIpc) is 2.78. The zero-order valence-corrected chi connectivity index (χ0v) is 9.74. The van der Waals surface area contributed by atoms with E-state index >= 15 is 0 Å². The molecule has 0 aliphatic carbocycles. The maximum Gasteiger partial charge on any atom is 0.131 e. The van der Waals surface area contributed by atoms with E-state index in [-0.39, 0.29) is 6.61 Å². The van der Waals surface area contributed by atoms with Gasteiger partial charge >= 0.3 is 0 Å². The van der Waals surface area contributed by atoms with Gasteiger partial charge in [-0.2, -0.15) is 0 Å². The number of hydrogen-bond donors (Lipinski definition) is 2. The van der Waals surface area contributed by atoms with E-state index in [0.29, 0.717) is 0 Å². The predicted octanol–water partition coefficient (Wildman–Crippen LogP) is 1.26. The Morgan fingerprint density at radius 3 is 3.19 bits per heavy atom. The Morgan fingerprint density at radius 1 is 1.56 bits per heavy atom. The molecule has 2 rings (SSSR count). The van der Waals surface area contributed by atoms with E-state index in [1.54, 1.807) is 0 Å². The summed E-state index contributed by atoms with van der Waals surface area (Å²) in [6.45, 7) is 5.26. The van der Waals surface area contributed by atoms with Crippen LogP contribution >= 0.6 is 0 Å². The van der Waals surface area contributed by atoms with Crippen molar-refractivity contribution in [2.45, 2.75) is 19.8 Å². The first-order valence-electron chi connectivity index (χ1n) is 5.94. The summed E-state index contributed by atoms with van der Waals surface area (Å²) in [5.74, 6) is 1.03. The summed E-state index contributed by atoms with van der Waals surface area (Å²) in [5.41, 5.74) is 2.59. The van der Waals surface area contributed by atoms with E-state index in [1.807, 2.05) is 6.20 Å². The summed E-state index contributed by atoms with van der Waals surface area (Å²) in [6.07, 6.45) is 3.72. The lowest BCUT2D eigenvalue weighted by Gasteiger charge is -2.24. The van der Waals surface area contributed by atoms with Gasteiger partial charge in [-0.25, -0.2) is 4.98 Å². The third-order valence-corrected chi connectivity index (χ3v) is 3.01. The fraction of sp³-hybridized carbons (Fsp3) is 0.583. The Morgan fingerprint density at radius 2 is 2.44 bits per heavy atom. The van der Waals surface area contributed by atoms with E-state index in [9.17, 15) is 0 Å². The molecule has 1 aliphatic rings. The van der Waals surface area contributed by atoms with Gasteiger partial charge in [0.05, 0.1) is 0 Å². The molecule has 0 radical (unpaired) electrons. The van der Waals surface area contributed by atoms with Gasteiger partial charge < -0.3 is 15.3 Å². The molecule has 0 amide bonds. The normalized spacial score (nSPS) is 13.4. The molecular weight excluding hydrogens is 202 g/mol. The Kier molecular flexibility index (Phi) is 3.62. The van der Waals surface area contributed by atoms with Gasteiger partial charge in [0.25, 0.3) is 0 Å². The molecular formula is C12H19N3O. The molecule has 2 heterocycles. The number of aromatic nitrogens is 1. The number of pyridine rings is 1. The zero-order valence-electron chi connectivity index (χ0n) is 9.74. The lowest BCUT2D eigenvalue weighted by molar-refractivity contribution is 0.289. The van der Waals surface area contributed by atoms with Crippen LogP contribution in [0.5, 0.6) is 0 Å². The summed E-state index contributed by atoms with van der Waals surface area (Å²) in [5, 5.41) is 12.2. The number of nitrogens with one attached hydrogen (secondary N) is 1. The van der Waals surface area contributed by atoms with E-state index in [1.165, 1.54) is 11.3 Å². The zero-order chi connectivity index (χ0) is 11.4. The number of rotatable bonds is 5. The van der Waals surface area contributed by atoms with Gasteiger partial charge in [0.1, 0.15) is 5.82 Å². The second-order valence-corrected chi connectivity index (χ2v) is 3.99. The molecule has 0 unspecified atom stereocenters. The van der Waals surface area contributed by atoms with Gasteiger partial charge in [-0.1, -0.05) is 0 Å². The Hall–Kier alpha value is -1.29. The van der Waals surface area contributed by atoms with Crippen molar-refractivity contribution in [1.82, 2.24) is 4.98 Å². The molecule has 0 atom stereocenters. The predicted molar refractivity (Wildman–Crippen MR) is 66.0 cm³/mol. The maximum absolute atomic E-state index is 8.90. The minimum absolute atomic E-state index is 0.252. The Labute approximate surface area is 96.3 Å². The minimum Gasteiger partial charge on any atom is -0.396 e. The van der Waals surface area contributed by atoms with Crippen LogP contribution < -0.4 is 10.2 Å². The highest BCUT2D eigenvalue weighted by Gasteiger charge is 2.18. The van der Waals surface area contributed by atoms with Crippen LogP contribution in [0.2, 0.25) is 0 Å². The molecule has 0 spiro atoms. The number of fused-ring (bicyclic) bond motifs is 1. The van der Waals surface area contributed by atoms with Crippen LogP contribution in [0.4, 0.5) is 11.5 Å². The topological polar surface area (TPSA) is 48.4 Å². The minimum atomic E-state index is 0.252. The van der Waals surface area contributed by atoms with Gasteiger partial charge in [-0.3, -0.25) is 0 Å². The van der Waals surface area contributed by atoms with Crippen molar-refractivity contribution in [3.63, 3.8) is 0 Å². The Balaban J connectivity index is 2.21. The molecule has 0 saturated heterocycles. The average molecular weight is 221 g/mol. The van der Waals surface area contributed by atoms with Crippen LogP contribution in [0.15, 0.2) is 12.3 Å². The monoisotopic (exact) mass is 221 g/mol. The molecule has 1 aromatic heterocycles. The number of hydrogen-bond acceptors (Lipinski definition) is 4. The summed E-state index contributed by atoms with van der Waals surface area (Å²) >= 11 is 0. The lowest BCUT2D eigenvalue weighted by Crippen LogP contribution is -2.25. The molecule has 4 nitrogen and oxygen atoms in total. The fourth-order valence-corrected chi connectivity index (χ4v) is 2.19. The second-order valence-electron chi connectivity index (χ2n) is 3.99. The first-order chi connectivity index (χ1) is 7.86. The van der Waals surface area contributed by atoms with E-state index in [4.69, 9.17) is 5.11 Å². The first-order valence-corrected chi connectivity index (χ1v) is 5.94. The molecule has 16 heavy (non-hydrogen) atoms. The molecule has 2 N–H and O–H groups in total. The van der Waals surface area contributed by atoms with Crippen molar-refractivity contribution in [3.8, 4) is 0 Å². The summed E-state index contributed by atoms with van der Waals surface area (Å²) in [4.78, 5) is 6.64. The molecule has 1 aromatic rings. The number of aliphatic hydroxyl groups is 1. The van der Waals surface area contributed by atoms with Gasteiger partial charge in [-0.15, -0.1) is 0 Å². The molecule has 0 bridgehead atoms. The standard InChI is InChI=1S/C12H19N3O/c1-2-15(8-3-9-16)11-5-7-14-12-10(11)4-6-13-12/h5,7,16H,2-4,6,8-9H2,1H3,(H,13,14). The number of aliphatic hydroxyl groups excluding tert-OH is 1. The quantitative estimate of drug-likeness (QED) is 0.786. The third-order valence-electron chi connectivity index (χ3n) is 3.01. The molecule has 0 saturated carbocycles. The van der Waals surface area contributed by atoms with Crippen LogP contribution in [-0.4, -0.2) is 36.3 Å². The Bertz CT molecular complexity index is 354. The number of nitrogens with zero attached hydrogens (tertiary/aromatic N) is 2. The van der Waals surface area contributed by atoms with Crippen molar-refractivity contribution in [3.05, 3.63) is 17.8 Å². The maximum atomic E-state index is 8.90. The molecule has 88 valence electrons. The van der Waals surface area contributed by atoms with E-state index < -0.39 is 0 Å². The van der Waals surface area contributed by atoms with Crippen LogP contribution in [0.3, 0.4) is 0 Å². The van der Waals surface area contributed by atoms with Crippen molar-refractivity contribution < 1.29 is 5.11 Å². The van der Waals surface area contributed by atoms with Crippen molar-refractivity contribution in [2.24, 2.45) is 0 Å². The lowest BCUT2D eigenvalue weighted by atomic mass is 10.1. The largest absolute Gasteiger partial charge is 0.396 e. The van der Waals surface area contributed by atoms with Crippen molar-refractivity contribution >= 4 is 11.5 Å². The van der Waals surface area contributed by atoms with Crippen LogP contribution in [0.25, 0.3) is 0 Å². The third kappa shape index (κ3) is 2.11. The SMILES string of the molecule is CCN(CCCO)c1ccnc2c1CCN2. The second kappa shape index (κ2) is 5.16. The number of anilines is 2. The van der Waals surface area contributed by atoms with Crippen LogP contribution in [0, 0.1) is 0 Å². The van der Waals surface area contributed by atoms with Crippen molar-refractivity contribution in [1.29, 1.82) is 0 Å². The van der Waals surface area contributed by atoms with Gasteiger partial charge in [0, 0.05) is 43.7 Å². The smallest absolute Gasteiger partial charge is 0.131 e. The summed E-state index contributed by atoms with van der Waals surface area (Å²) in [7, 11) is 0. The molecule has 4 heteroatoms. The van der Waals surface area contributed by atoms with E-state index in [2.05, 4.69) is 28.2 Å². The van der Waals surface area contributed by atoms with Gasteiger partial charge in [-0.05, 0) is 25.8 Å². The van der Waals surface area contributed by atoms with Gasteiger partial charge in [0.15, 0.2) is 0 Å². The summed E-state index contributed by atoms with van der Waals surface area (Å²) in [6, 6.07) is 2.08. The van der Waals surface area contributed by atoms with Crippen LogP contribution in [0.1, 0.15) is 18.9 Å². The highest BCUT2D eigenvalue weighted by molar-refractivity contribution is 5.65. The fourth-order valence-electron chi connectivity index (χ4n) is 2.19.